The molecule has 20 heavy (non-hydrogen) atoms. The van der Waals surface area contributed by atoms with Gasteiger partial charge in [-0.05, 0) is 30.9 Å². The number of nitrogens with zero attached hydrogens (tertiary/aromatic N) is 2. The normalized spacial score (nSPS) is 17.1. The van der Waals surface area contributed by atoms with Gasteiger partial charge < -0.3 is 15.0 Å². The molecule has 4 nitrogen and oxygen atoms in total. The van der Waals surface area contributed by atoms with Crippen LogP contribution in [0.5, 0.6) is 5.75 Å². The Morgan fingerprint density at radius 1 is 1.30 bits per heavy atom. The van der Waals surface area contributed by atoms with Crippen molar-refractivity contribution >= 4 is 5.96 Å². The van der Waals surface area contributed by atoms with Crippen LogP contribution < -0.4 is 10.1 Å². The van der Waals surface area contributed by atoms with Crippen LogP contribution in [0.3, 0.4) is 0 Å². The van der Waals surface area contributed by atoms with Crippen molar-refractivity contribution in [3.05, 3.63) is 30.3 Å². The van der Waals surface area contributed by atoms with Crippen LogP contribution in [-0.4, -0.2) is 44.1 Å². The number of aliphatic imine (C=N–C) groups is 1. The molecule has 2 rings (SSSR count). The van der Waals surface area contributed by atoms with E-state index in [4.69, 9.17) is 4.74 Å². The Bertz CT molecular complexity index is 411. The third-order valence-corrected chi connectivity index (χ3v) is 3.69. The molecule has 1 saturated heterocycles. The molecule has 0 bridgehead atoms. The van der Waals surface area contributed by atoms with Gasteiger partial charge in [0.05, 0.1) is 6.54 Å². The minimum Gasteiger partial charge on any atom is -0.492 e. The fourth-order valence-electron chi connectivity index (χ4n) is 2.40. The zero-order valence-corrected chi connectivity index (χ0v) is 12.5. The van der Waals surface area contributed by atoms with Crippen molar-refractivity contribution in [2.24, 2.45) is 10.9 Å². The molecule has 0 saturated carbocycles. The Hall–Kier alpha value is -1.71. The smallest absolute Gasteiger partial charge is 0.193 e. The molecule has 4 heteroatoms. The maximum atomic E-state index is 5.67. The van der Waals surface area contributed by atoms with Crippen molar-refractivity contribution in [2.45, 2.75) is 19.8 Å². The number of nitrogens with one attached hydrogen (secondary N) is 1. The predicted octanol–water partition coefficient (Wildman–Crippen LogP) is 2.37. The first-order valence-corrected chi connectivity index (χ1v) is 7.43. The van der Waals surface area contributed by atoms with Gasteiger partial charge in [-0.15, -0.1) is 0 Å². The van der Waals surface area contributed by atoms with Crippen molar-refractivity contribution in [3.63, 3.8) is 0 Å². The first-order chi connectivity index (χ1) is 9.79. The lowest BCUT2D eigenvalue weighted by atomic mass is 10.00. The molecule has 0 radical (unpaired) electrons. The van der Waals surface area contributed by atoms with Crippen LogP contribution in [0.25, 0.3) is 0 Å². The number of likely N-dealkylation sites (tertiary alicyclic amines) is 1. The quantitative estimate of drug-likeness (QED) is 0.521. The molecule has 0 spiro atoms. The molecule has 1 aromatic rings. The average molecular weight is 275 g/mol. The molecule has 0 aliphatic carbocycles. The number of guanidine groups is 1. The second-order valence-corrected chi connectivity index (χ2v) is 5.31. The second kappa shape index (κ2) is 7.78. The first kappa shape index (κ1) is 14.7. The minimum atomic E-state index is 0.646. The summed E-state index contributed by atoms with van der Waals surface area (Å²) in [7, 11) is 1.85. The third kappa shape index (κ3) is 4.44. The van der Waals surface area contributed by atoms with E-state index in [-0.39, 0.29) is 0 Å². The van der Waals surface area contributed by atoms with E-state index in [0.29, 0.717) is 6.61 Å². The van der Waals surface area contributed by atoms with Crippen molar-refractivity contribution in [1.29, 1.82) is 0 Å². The van der Waals surface area contributed by atoms with Gasteiger partial charge in [-0.25, -0.2) is 0 Å². The van der Waals surface area contributed by atoms with E-state index in [1.54, 1.807) is 0 Å². The van der Waals surface area contributed by atoms with E-state index in [1.165, 1.54) is 12.8 Å². The summed E-state index contributed by atoms with van der Waals surface area (Å²) < 4.78 is 5.67. The highest BCUT2D eigenvalue weighted by Crippen LogP contribution is 2.15. The van der Waals surface area contributed by atoms with Crippen LogP contribution in [0.2, 0.25) is 0 Å². The molecule has 1 aliphatic heterocycles. The lowest BCUT2D eigenvalue weighted by Gasteiger charge is -2.32. The summed E-state index contributed by atoms with van der Waals surface area (Å²) in [5.74, 6) is 2.75. The molecular weight excluding hydrogens is 250 g/mol. The largest absolute Gasteiger partial charge is 0.492 e. The van der Waals surface area contributed by atoms with Gasteiger partial charge in [0.25, 0.3) is 0 Å². The topological polar surface area (TPSA) is 36.9 Å². The number of ether oxygens (including phenoxy) is 1. The summed E-state index contributed by atoms with van der Waals surface area (Å²) in [6, 6.07) is 9.90. The molecule has 1 aliphatic rings. The molecule has 0 amide bonds. The van der Waals surface area contributed by atoms with Crippen molar-refractivity contribution in [3.8, 4) is 5.75 Å². The molecule has 0 aromatic heterocycles. The molecule has 1 fully saturated rings. The molecule has 110 valence electrons. The predicted molar refractivity (Wildman–Crippen MR) is 83.3 cm³/mol. The van der Waals surface area contributed by atoms with Crippen LogP contribution in [0.15, 0.2) is 35.3 Å². The van der Waals surface area contributed by atoms with E-state index in [2.05, 4.69) is 22.1 Å². The van der Waals surface area contributed by atoms with Gasteiger partial charge in [0.2, 0.25) is 0 Å². The number of benzene rings is 1. The van der Waals surface area contributed by atoms with Gasteiger partial charge >= 0.3 is 0 Å². The standard InChI is InChI=1S/C16H25N3O/c1-14-8-11-19(12-9-14)16(17-2)18-10-13-20-15-6-4-3-5-7-15/h3-7,14H,8-13H2,1-2H3,(H,17,18). The van der Waals surface area contributed by atoms with E-state index in [9.17, 15) is 0 Å². The summed E-state index contributed by atoms with van der Waals surface area (Å²) in [4.78, 5) is 6.69. The molecule has 1 N–H and O–H groups in total. The van der Waals surface area contributed by atoms with Gasteiger partial charge in [-0.2, -0.15) is 0 Å². The van der Waals surface area contributed by atoms with Crippen LogP contribution in [0, 0.1) is 5.92 Å². The minimum absolute atomic E-state index is 0.646. The van der Waals surface area contributed by atoms with Gasteiger partial charge in [0.15, 0.2) is 5.96 Å². The van der Waals surface area contributed by atoms with Crippen molar-refractivity contribution < 1.29 is 4.74 Å². The average Bonchev–Trinajstić information content (AvgIpc) is 2.50. The fourth-order valence-corrected chi connectivity index (χ4v) is 2.40. The third-order valence-electron chi connectivity index (χ3n) is 3.69. The molecule has 0 atom stereocenters. The first-order valence-electron chi connectivity index (χ1n) is 7.43. The fraction of sp³-hybridized carbons (Fsp3) is 0.562. The number of rotatable bonds is 4. The summed E-state index contributed by atoms with van der Waals surface area (Å²) in [6.07, 6.45) is 2.50. The van der Waals surface area contributed by atoms with Gasteiger partial charge in [0, 0.05) is 20.1 Å². The van der Waals surface area contributed by atoms with Crippen LogP contribution >= 0.6 is 0 Å². The zero-order chi connectivity index (χ0) is 14.2. The van der Waals surface area contributed by atoms with E-state index in [1.807, 2.05) is 37.4 Å². The Kier molecular flexibility index (Phi) is 5.71. The Balaban J connectivity index is 1.69. The number of hydrogen-bond donors (Lipinski definition) is 1. The van der Waals surface area contributed by atoms with Crippen LogP contribution in [0.4, 0.5) is 0 Å². The molecule has 0 unspecified atom stereocenters. The SMILES string of the molecule is CN=C(NCCOc1ccccc1)N1CCC(C)CC1. The van der Waals surface area contributed by atoms with E-state index >= 15 is 0 Å². The summed E-state index contributed by atoms with van der Waals surface area (Å²) in [5.41, 5.74) is 0. The van der Waals surface area contributed by atoms with Crippen molar-refractivity contribution in [1.82, 2.24) is 10.2 Å². The summed E-state index contributed by atoms with van der Waals surface area (Å²) >= 11 is 0. The highest BCUT2D eigenvalue weighted by molar-refractivity contribution is 5.79. The number of hydrogen-bond acceptors (Lipinski definition) is 2. The number of piperidine rings is 1. The Labute approximate surface area is 121 Å². The molecule has 1 heterocycles. The lowest BCUT2D eigenvalue weighted by Crippen LogP contribution is -2.46. The Morgan fingerprint density at radius 2 is 2.00 bits per heavy atom. The van der Waals surface area contributed by atoms with Gasteiger partial charge in [-0.1, -0.05) is 25.1 Å². The monoisotopic (exact) mass is 275 g/mol. The lowest BCUT2D eigenvalue weighted by molar-refractivity contribution is 0.269. The van der Waals surface area contributed by atoms with E-state index < -0.39 is 0 Å². The molecular formula is C16H25N3O. The molecule has 1 aromatic carbocycles. The highest BCUT2D eigenvalue weighted by Gasteiger charge is 2.18. The summed E-state index contributed by atoms with van der Waals surface area (Å²) in [6.45, 7) is 5.93. The van der Waals surface area contributed by atoms with Crippen LogP contribution in [0.1, 0.15) is 19.8 Å². The van der Waals surface area contributed by atoms with Gasteiger partial charge in [-0.3, -0.25) is 4.99 Å². The maximum absolute atomic E-state index is 5.67. The highest BCUT2D eigenvalue weighted by atomic mass is 16.5. The van der Waals surface area contributed by atoms with Crippen LogP contribution in [-0.2, 0) is 0 Å². The van der Waals surface area contributed by atoms with Gasteiger partial charge in [0.1, 0.15) is 12.4 Å². The second-order valence-electron chi connectivity index (χ2n) is 5.31. The van der Waals surface area contributed by atoms with Crippen molar-refractivity contribution in [2.75, 3.05) is 33.3 Å². The Morgan fingerprint density at radius 3 is 2.65 bits per heavy atom. The maximum Gasteiger partial charge on any atom is 0.193 e. The number of para-hydroxylation sites is 1. The van der Waals surface area contributed by atoms with E-state index in [0.717, 1.165) is 37.3 Å². The zero-order valence-electron chi connectivity index (χ0n) is 12.5. The summed E-state index contributed by atoms with van der Waals surface area (Å²) in [5, 5.41) is 3.38.